The number of aromatic nitrogens is 2. The van der Waals surface area contributed by atoms with Gasteiger partial charge in [0.2, 0.25) is 0 Å². The van der Waals surface area contributed by atoms with Crippen LogP contribution in [0.25, 0.3) is 0 Å². The molecule has 1 rings (SSSR count). The molecule has 0 aromatic carbocycles. The molecule has 0 aliphatic heterocycles. The van der Waals surface area contributed by atoms with Gasteiger partial charge in [0.25, 0.3) is 0 Å². The van der Waals surface area contributed by atoms with Gasteiger partial charge in [0.1, 0.15) is 0 Å². The molecule has 0 radical (unpaired) electrons. The summed E-state index contributed by atoms with van der Waals surface area (Å²) < 4.78 is 1.90. The number of nitrogens with one attached hydrogen (secondary N) is 1. The van der Waals surface area contributed by atoms with Crippen LogP contribution in [0.2, 0.25) is 0 Å². The van der Waals surface area contributed by atoms with Crippen LogP contribution in [0, 0.1) is 0 Å². The van der Waals surface area contributed by atoms with Gasteiger partial charge in [-0.05, 0) is 27.0 Å². The van der Waals surface area contributed by atoms with E-state index in [4.69, 9.17) is 0 Å². The zero-order valence-corrected chi connectivity index (χ0v) is 10.2. The van der Waals surface area contributed by atoms with Crippen molar-refractivity contribution < 1.29 is 0 Å². The molecule has 1 N–H and O–H groups in total. The number of nitrogens with zero attached hydrogens (tertiary/aromatic N) is 3. The lowest BCUT2D eigenvalue weighted by atomic mass is 10.3. The van der Waals surface area contributed by atoms with Crippen LogP contribution in [0.5, 0.6) is 0 Å². The third-order valence-corrected chi connectivity index (χ3v) is 2.75. The minimum atomic E-state index is 0.614. The lowest BCUT2D eigenvalue weighted by Gasteiger charge is -2.20. The summed E-state index contributed by atoms with van der Waals surface area (Å²) in [6, 6.07) is 2.66. The molecular weight excluding hydrogens is 188 g/mol. The summed E-state index contributed by atoms with van der Waals surface area (Å²) in [6.45, 7) is 7.40. The summed E-state index contributed by atoms with van der Waals surface area (Å²) in [5.74, 6) is 0. The van der Waals surface area contributed by atoms with Crippen molar-refractivity contribution in [2.24, 2.45) is 7.05 Å². The van der Waals surface area contributed by atoms with Gasteiger partial charge in [-0.2, -0.15) is 5.10 Å². The van der Waals surface area contributed by atoms with E-state index in [1.165, 1.54) is 5.69 Å². The van der Waals surface area contributed by atoms with Crippen LogP contribution < -0.4 is 5.32 Å². The molecule has 0 aliphatic carbocycles. The lowest BCUT2D eigenvalue weighted by Crippen LogP contribution is -2.33. The fraction of sp³-hybridized carbons (Fsp3) is 0.727. The van der Waals surface area contributed by atoms with E-state index in [0.29, 0.717) is 6.04 Å². The van der Waals surface area contributed by atoms with Crippen LogP contribution >= 0.6 is 0 Å². The average Bonchev–Trinajstić information content (AvgIpc) is 2.58. The highest BCUT2D eigenvalue weighted by Crippen LogP contribution is 1.95. The quantitative estimate of drug-likeness (QED) is 0.707. The van der Waals surface area contributed by atoms with E-state index in [0.717, 1.165) is 19.6 Å². The van der Waals surface area contributed by atoms with Crippen molar-refractivity contribution >= 4 is 0 Å². The lowest BCUT2D eigenvalue weighted by molar-refractivity contribution is 0.273. The molecule has 15 heavy (non-hydrogen) atoms. The van der Waals surface area contributed by atoms with Gasteiger partial charge in [0.05, 0.1) is 5.69 Å². The Hall–Kier alpha value is -0.870. The second-order valence-corrected chi connectivity index (χ2v) is 4.20. The smallest absolute Gasteiger partial charge is 0.0518 e. The maximum absolute atomic E-state index is 4.12. The third kappa shape index (κ3) is 4.01. The summed E-state index contributed by atoms with van der Waals surface area (Å²) in [4.78, 5) is 2.33. The molecular formula is C11H22N4. The Balaban J connectivity index is 2.15. The van der Waals surface area contributed by atoms with E-state index in [1.54, 1.807) is 0 Å². The Kier molecular flexibility index (Phi) is 4.78. The van der Waals surface area contributed by atoms with Crippen LogP contribution in [0.1, 0.15) is 19.5 Å². The van der Waals surface area contributed by atoms with Crippen LogP contribution in [-0.2, 0) is 13.6 Å². The number of hydrogen-bond donors (Lipinski definition) is 1. The molecule has 4 nitrogen and oxygen atoms in total. The van der Waals surface area contributed by atoms with Gasteiger partial charge in [-0.25, -0.2) is 0 Å². The van der Waals surface area contributed by atoms with Crippen LogP contribution in [0.4, 0.5) is 0 Å². The zero-order valence-electron chi connectivity index (χ0n) is 10.2. The van der Waals surface area contributed by atoms with Gasteiger partial charge >= 0.3 is 0 Å². The molecule has 86 valence electrons. The van der Waals surface area contributed by atoms with Gasteiger partial charge in [-0.15, -0.1) is 0 Å². The molecule has 1 heterocycles. The van der Waals surface area contributed by atoms with E-state index in [2.05, 4.69) is 36.2 Å². The third-order valence-electron chi connectivity index (χ3n) is 2.75. The summed E-state index contributed by atoms with van der Waals surface area (Å²) in [5.41, 5.74) is 1.22. The van der Waals surface area contributed by atoms with Crippen LogP contribution in [0.15, 0.2) is 12.3 Å². The van der Waals surface area contributed by atoms with Gasteiger partial charge in [-0.3, -0.25) is 4.68 Å². The van der Waals surface area contributed by atoms with Crippen LogP contribution in [0.3, 0.4) is 0 Å². The topological polar surface area (TPSA) is 33.1 Å². The van der Waals surface area contributed by atoms with Crippen molar-refractivity contribution in [1.29, 1.82) is 0 Å². The second-order valence-electron chi connectivity index (χ2n) is 4.20. The highest BCUT2D eigenvalue weighted by Gasteiger charge is 2.02. The summed E-state index contributed by atoms with van der Waals surface area (Å²) in [5, 5.41) is 7.54. The minimum absolute atomic E-state index is 0.614. The predicted octanol–water partition coefficient (Wildman–Crippen LogP) is 0.850. The molecule has 1 aromatic rings. The molecule has 0 amide bonds. The fourth-order valence-electron chi connectivity index (χ4n) is 1.30. The molecule has 0 bridgehead atoms. The number of hydrogen-bond acceptors (Lipinski definition) is 3. The number of aryl methyl sites for hydroxylation is 1. The highest BCUT2D eigenvalue weighted by atomic mass is 15.3. The zero-order chi connectivity index (χ0) is 11.3. The predicted molar refractivity (Wildman–Crippen MR) is 62.7 cm³/mol. The standard InChI is InChI=1S/C11H22N4/c1-10(2)14(3)8-7-12-9-11-5-6-13-15(11)4/h5-6,10,12H,7-9H2,1-4H3. The number of likely N-dealkylation sites (N-methyl/N-ethyl adjacent to an activating group) is 1. The van der Waals surface area contributed by atoms with Gasteiger partial charge in [0.15, 0.2) is 0 Å². The van der Waals surface area contributed by atoms with Crippen molar-refractivity contribution in [3.05, 3.63) is 18.0 Å². The molecule has 0 saturated heterocycles. The average molecular weight is 210 g/mol. The van der Waals surface area contributed by atoms with Crippen molar-refractivity contribution in [2.45, 2.75) is 26.4 Å². The molecule has 0 fully saturated rings. The van der Waals surface area contributed by atoms with E-state index >= 15 is 0 Å². The molecule has 4 heteroatoms. The minimum Gasteiger partial charge on any atom is -0.310 e. The van der Waals surface area contributed by atoms with E-state index < -0.39 is 0 Å². The van der Waals surface area contributed by atoms with E-state index in [1.807, 2.05) is 24.0 Å². The SMILES string of the molecule is CC(C)N(C)CCNCc1ccnn1C. The Labute approximate surface area is 92.3 Å². The summed E-state index contributed by atoms with van der Waals surface area (Å²) >= 11 is 0. The molecule has 0 unspecified atom stereocenters. The van der Waals surface area contributed by atoms with Crippen molar-refractivity contribution in [3.63, 3.8) is 0 Å². The first-order valence-corrected chi connectivity index (χ1v) is 5.49. The number of rotatable bonds is 6. The Bertz CT molecular complexity index is 280. The van der Waals surface area contributed by atoms with E-state index in [-0.39, 0.29) is 0 Å². The normalized spacial score (nSPS) is 11.6. The van der Waals surface area contributed by atoms with Gasteiger partial charge in [0, 0.05) is 38.9 Å². The first-order valence-electron chi connectivity index (χ1n) is 5.49. The van der Waals surface area contributed by atoms with Crippen molar-refractivity contribution in [2.75, 3.05) is 20.1 Å². The molecule has 0 atom stereocenters. The Morgan fingerprint density at radius 1 is 1.53 bits per heavy atom. The second kappa shape index (κ2) is 5.88. The maximum atomic E-state index is 4.12. The molecule has 1 aromatic heterocycles. The monoisotopic (exact) mass is 210 g/mol. The fourth-order valence-corrected chi connectivity index (χ4v) is 1.30. The van der Waals surface area contributed by atoms with Crippen molar-refractivity contribution in [3.8, 4) is 0 Å². The van der Waals surface area contributed by atoms with Gasteiger partial charge in [-0.1, -0.05) is 0 Å². The maximum Gasteiger partial charge on any atom is 0.0518 e. The van der Waals surface area contributed by atoms with Gasteiger partial charge < -0.3 is 10.2 Å². The first kappa shape index (κ1) is 12.2. The summed E-state index contributed by atoms with van der Waals surface area (Å²) in [7, 11) is 4.12. The van der Waals surface area contributed by atoms with Crippen LogP contribution in [-0.4, -0.2) is 40.9 Å². The van der Waals surface area contributed by atoms with E-state index in [9.17, 15) is 0 Å². The molecule has 0 spiro atoms. The van der Waals surface area contributed by atoms with Crippen molar-refractivity contribution in [1.82, 2.24) is 20.0 Å². The Morgan fingerprint density at radius 2 is 2.27 bits per heavy atom. The first-order chi connectivity index (χ1) is 7.11. The molecule has 0 aliphatic rings. The molecule has 0 saturated carbocycles. The highest BCUT2D eigenvalue weighted by molar-refractivity contribution is 4.98. The summed E-state index contributed by atoms with van der Waals surface area (Å²) in [6.07, 6.45) is 1.83. The Morgan fingerprint density at radius 3 is 2.80 bits per heavy atom. The largest absolute Gasteiger partial charge is 0.310 e.